The number of hydrogen-bond acceptors (Lipinski definition) is 5. The van der Waals surface area contributed by atoms with Crippen LogP contribution < -0.4 is 10.6 Å². The molecule has 138 valence electrons. The van der Waals surface area contributed by atoms with Crippen molar-refractivity contribution in [3.05, 3.63) is 54.0 Å². The third-order valence-corrected chi connectivity index (χ3v) is 3.56. The molecule has 2 aromatic rings. The molecular weight excluding hydrogens is 336 g/mol. The number of carbonyl (C=O) groups is 3. The highest BCUT2D eigenvalue weighted by molar-refractivity contribution is 5.95. The Hall–Kier alpha value is -3.09. The first-order valence-electron chi connectivity index (χ1n) is 8.47. The van der Waals surface area contributed by atoms with Crippen molar-refractivity contribution in [3.63, 3.8) is 0 Å². The van der Waals surface area contributed by atoms with E-state index >= 15 is 0 Å². The van der Waals surface area contributed by atoms with Crippen LogP contribution >= 0.6 is 0 Å². The fourth-order valence-electron chi connectivity index (χ4n) is 2.09. The highest BCUT2D eigenvalue weighted by atomic mass is 16.5. The first-order valence-corrected chi connectivity index (χ1v) is 8.47. The Balaban J connectivity index is 1.73. The van der Waals surface area contributed by atoms with Gasteiger partial charge < -0.3 is 19.8 Å². The number of nitrogens with one attached hydrogen (secondary N) is 2. The molecule has 0 aliphatic rings. The van der Waals surface area contributed by atoms with Gasteiger partial charge in [-0.15, -0.1) is 0 Å². The molecule has 0 saturated heterocycles. The zero-order valence-corrected chi connectivity index (χ0v) is 14.6. The topological polar surface area (TPSA) is 97.6 Å². The molecule has 1 aromatic carbocycles. The molecular formula is C19H22N2O5. The first kappa shape index (κ1) is 19.2. The second-order valence-corrected chi connectivity index (χ2v) is 5.63. The van der Waals surface area contributed by atoms with Crippen molar-refractivity contribution >= 4 is 23.5 Å². The summed E-state index contributed by atoms with van der Waals surface area (Å²) in [6, 6.07) is 8.02. The molecule has 0 fully saturated rings. The van der Waals surface area contributed by atoms with Gasteiger partial charge in [0.1, 0.15) is 6.26 Å². The molecule has 0 unspecified atom stereocenters. The van der Waals surface area contributed by atoms with Crippen molar-refractivity contribution in [2.75, 3.05) is 18.5 Å². The molecule has 26 heavy (non-hydrogen) atoms. The number of anilines is 1. The van der Waals surface area contributed by atoms with E-state index in [1.54, 1.807) is 30.3 Å². The Morgan fingerprint density at radius 1 is 1.08 bits per heavy atom. The fraction of sp³-hybridized carbons (Fsp3) is 0.316. The van der Waals surface area contributed by atoms with Gasteiger partial charge in [0, 0.05) is 18.7 Å². The molecule has 7 nitrogen and oxygen atoms in total. The number of esters is 1. The van der Waals surface area contributed by atoms with E-state index in [9.17, 15) is 14.4 Å². The molecule has 0 spiro atoms. The maximum Gasteiger partial charge on any atom is 0.338 e. The van der Waals surface area contributed by atoms with Gasteiger partial charge in [-0.2, -0.15) is 0 Å². The van der Waals surface area contributed by atoms with E-state index in [4.69, 9.17) is 9.15 Å². The minimum atomic E-state index is -0.377. The monoisotopic (exact) mass is 358 g/mol. The van der Waals surface area contributed by atoms with Crippen LogP contribution in [0.5, 0.6) is 0 Å². The quantitative estimate of drug-likeness (QED) is 0.530. The number of unbranched alkanes of at least 4 members (excludes halogenated alkanes) is 1. The molecule has 1 heterocycles. The highest BCUT2D eigenvalue weighted by Crippen LogP contribution is 2.11. The number of amides is 2. The summed E-state index contributed by atoms with van der Waals surface area (Å²) in [4.78, 5) is 35.4. The summed E-state index contributed by atoms with van der Waals surface area (Å²) in [5, 5.41) is 5.34. The van der Waals surface area contributed by atoms with Gasteiger partial charge in [0.15, 0.2) is 0 Å². The lowest BCUT2D eigenvalue weighted by Crippen LogP contribution is -2.27. The van der Waals surface area contributed by atoms with Crippen LogP contribution in [0.1, 0.15) is 46.9 Å². The summed E-state index contributed by atoms with van der Waals surface area (Å²) in [6.45, 7) is 2.63. The first-order chi connectivity index (χ1) is 12.6. The summed E-state index contributed by atoms with van der Waals surface area (Å²) < 4.78 is 9.95. The van der Waals surface area contributed by atoms with Gasteiger partial charge in [-0.05, 0) is 36.8 Å². The largest absolute Gasteiger partial charge is 0.472 e. The maximum atomic E-state index is 11.9. The molecule has 1 aromatic heterocycles. The summed E-state index contributed by atoms with van der Waals surface area (Å²) in [5.41, 5.74) is 1.42. The SMILES string of the molecule is CCCCOC(=O)c1ccc(NC(=O)CCNC(=O)c2ccoc2)cc1. The van der Waals surface area contributed by atoms with E-state index in [1.165, 1.54) is 12.5 Å². The van der Waals surface area contributed by atoms with Crippen molar-refractivity contribution in [1.82, 2.24) is 5.32 Å². The van der Waals surface area contributed by atoms with Gasteiger partial charge in [0.2, 0.25) is 5.91 Å². The average Bonchev–Trinajstić information content (AvgIpc) is 3.17. The molecule has 2 N–H and O–H groups in total. The van der Waals surface area contributed by atoms with Gasteiger partial charge in [-0.3, -0.25) is 9.59 Å². The summed E-state index contributed by atoms with van der Waals surface area (Å²) in [6.07, 6.45) is 4.66. The Morgan fingerprint density at radius 2 is 1.85 bits per heavy atom. The second kappa shape index (κ2) is 10.0. The number of benzene rings is 1. The lowest BCUT2D eigenvalue weighted by Gasteiger charge is -2.07. The molecule has 2 rings (SSSR count). The Labute approximate surface area is 151 Å². The zero-order chi connectivity index (χ0) is 18.8. The third-order valence-electron chi connectivity index (χ3n) is 3.56. The van der Waals surface area contributed by atoms with Crippen molar-refractivity contribution < 1.29 is 23.5 Å². The van der Waals surface area contributed by atoms with Gasteiger partial charge in [0.25, 0.3) is 5.91 Å². The number of ether oxygens (including phenoxy) is 1. The Bertz CT molecular complexity index is 723. The molecule has 0 aliphatic heterocycles. The smallest absolute Gasteiger partial charge is 0.338 e. The average molecular weight is 358 g/mol. The van der Waals surface area contributed by atoms with Crippen molar-refractivity contribution in [2.24, 2.45) is 0 Å². The fourth-order valence-corrected chi connectivity index (χ4v) is 2.09. The standard InChI is InChI=1S/C19H22N2O5/c1-2-3-11-26-19(24)14-4-6-16(7-5-14)21-17(22)8-10-20-18(23)15-9-12-25-13-15/h4-7,9,12-13H,2-3,8,10-11H2,1H3,(H,20,23)(H,21,22). The highest BCUT2D eigenvalue weighted by Gasteiger charge is 2.09. The summed E-state index contributed by atoms with van der Waals surface area (Å²) >= 11 is 0. The van der Waals surface area contributed by atoms with E-state index < -0.39 is 0 Å². The van der Waals surface area contributed by atoms with Gasteiger partial charge in [-0.25, -0.2) is 4.79 Å². The Kier molecular flexibility index (Phi) is 7.42. The van der Waals surface area contributed by atoms with Crippen LogP contribution in [0.15, 0.2) is 47.3 Å². The lowest BCUT2D eigenvalue weighted by molar-refractivity contribution is -0.116. The van der Waals surface area contributed by atoms with Crippen LogP contribution in [-0.4, -0.2) is 30.9 Å². The predicted molar refractivity (Wildman–Crippen MR) is 95.9 cm³/mol. The van der Waals surface area contributed by atoms with Gasteiger partial charge in [0.05, 0.1) is 24.0 Å². The van der Waals surface area contributed by atoms with Gasteiger partial charge in [-0.1, -0.05) is 13.3 Å². The number of furan rings is 1. The van der Waals surface area contributed by atoms with Crippen molar-refractivity contribution in [2.45, 2.75) is 26.2 Å². The number of rotatable bonds is 9. The summed E-state index contributed by atoms with van der Waals surface area (Å²) in [5.74, 6) is -0.911. The normalized spacial score (nSPS) is 10.2. The molecule has 0 atom stereocenters. The van der Waals surface area contributed by atoms with Crippen LogP contribution in [0, 0.1) is 0 Å². The van der Waals surface area contributed by atoms with Crippen LogP contribution in [0.4, 0.5) is 5.69 Å². The molecule has 0 radical (unpaired) electrons. The number of hydrogen-bond donors (Lipinski definition) is 2. The zero-order valence-electron chi connectivity index (χ0n) is 14.6. The van der Waals surface area contributed by atoms with Crippen LogP contribution in [-0.2, 0) is 9.53 Å². The molecule has 2 amide bonds. The Morgan fingerprint density at radius 3 is 2.50 bits per heavy atom. The third kappa shape index (κ3) is 6.08. The molecule has 0 saturated carbocycles. The van der Waals surface area contributed by atoms with Crippen LogP contribution in [0.2, 0.25) is 0 Å². The van der Waals surface area contributed by atoms with Crippen molar-refractivity contribution in [3.8, 4) is 0 Å². The minimum Gasteiger partial charge on any atom is -0.472 e. The van der Waals surface area contributed by atoms with Crippen LogP contribution in [0.25, 0.3) is 0 Å². The predicted octanol–water partition coefficient (Wildman–Crippen LogP) is 3.00. The van der Waals surface area contributed by atoms with E-state index in [0.29, 0.717) is 23.4 Å². The van der Waals surface area contributed by atoms with E-state index in [-0.39, 0.29) is 30.7 Å². The second-order valence-electron chi connectivity index (χ2n) is 5.63. The van der Waals surface area contributed by atoms with Crippen LogP contribution in [0.3, 0.4) is 0 Å². The van der Waals surface area contributed by atoms with Gasteiger partial charge >= 0.3 is 5.97 Å². The molecule has 7 heteroatoms. The summed E-state index contributed by atoms with van der Waals surface area (Å²) in [7, 11) is 0. The molecule has 0 bridgehead atoms. The molecule has 0 aliphatic carbocycles. The number of carbonyl (C=O) groups excluding carboxylic acids is 3. The van der Waals surface area contributed by atoms with E-state index in [1.807, 2.05) is 6.92 Å². The maximum absolute atomic E-state index is 11.9. The minimum absolute atomic E-state index is 0.129. The lowest BCUT2D eigenvalue weighted by atomic mass is 10.2. The van der Waals surface area contributed by atoms with E-state index in [0.717, 1.165) is 12.8 Å². The van der Waals surface area contributed by atoms with Crippen molar-refractivity contribution in [1.29, 1.82) is 0 Å². The van der Waals surface area contributed by atoms with E-state index in [2.05, 4.69) is 10.6 Å².